The summed E-state index contributed by atoms with van der Waals surface area (Å²) < 4.78 is 7.11. The molecule has 0 aromatic rings. The minimum Gasteiger partial charge on any atom is -0.479 e. The lowest BCUT2D eigenvalue weighted by Gasteiger charge is -2.38. The normalized spacial score (nSPS) is 35.8. The fourth-order valence-corrected chi connectivity index (χ4v) is 1.47. The Morgan fingerprint density at radius 1 is 1.16 bits per heavy atom. The average molecular weight is 339 g/mol. The molecule has 0 bridgehead atoms. The van der Waals surface area contributed by atoms with E-state index in [2.05, 4.69) is 4.74 Å². The molecule has 5 N–H and O–H groups in total. The van der Waals surface area contributed by atoms with Gasteiger partial charge < -0.3 is 29.9 Å². The molecule has 5 unspecified atom stereocenters. The highest BCUT2D eigenvalue weighted by Gasteiger charge is 2.49. The minimum atomic E-state index is -2.25. The highest BCUT2D eigenvalue weighted by molar-refractivity contribution is 6.76. The van der Waals surface area contributed by atoms with E-state index in [4.69, 9.17) is 50.1 Å². The molecule has 1 saturated heterocycles. The van der Waals surface area contributed by atoms with Gasteiger partial charge in [-0.2, -0.15) is 0 Å². The number of rotatable bonds is 2. The zero-order valence-corrected chi connectivity index (χ0v) is 11.3. The predicted molar refractivity (Wildman–Crippen MR) is 63.4 cm³/mol. The van der Waals surface area contributed by atoms with Gasteiger partial charge in [-0.25, -0.2) is 4.79 Å². The highest BCUT2D eigenvalue weighted by atomic mass is 35.6. The molecule has 0 aliphatic carbocycles. The molecule has 1 heterocycles. The molecule has 1 aliphatic rings. The first-order valence-corrected chi connectivity index (χ1v) is 5.94. The van der Waals surface area contributed by atoms with Crippen LogP contribution >= 0.6 is 34.8 Å². The molecule has 11 heteroatoms. The summed E-state index contributed by atoms with van der Waals surface area (Å²) >= 11 is 16.0. The van der Waals surface area contributed by atoms with Gasteiger partial charge in [0, 0.05) is 0 Å². The van der Waals surface area contributed by atoms with Gasteiger partial charge in [0.1, 0.15) is 18.3 Å². The van der Waals surface area contributed by atoms with E-state index in [1.165, 1.54) is 0 Å². The van der Waals surface area contributed by atoms with Gasteiger partial charge in [-0.15, -0.1) is 0 Å². The van der Waals surface area contributed by atoms with Gasteiger partial charge in [-0.1, -0.05) is 34.8 Å². The van der Waals surface area contributed by atoms with Crippen LogP contribution in [0.4, 0.5) is 0 Å². The van der Waals surface area contributed by atoms with E-state index >= 15 is 0 Å². The Kier molecular flexibility index (Phi) is 5.24. The summed E-state index contributed by atoms with van der Waals surface area (Å²) in [6, 6.07) is 0. The Labute approximate surface area is 121 Å². The molecular formula is C8H10Cl3NO7. The summed E-state index contributed by atoms with van der Waals surface area (Å²) in [5, 5.41) is 44.4. The zero-order chi connectivity index (χ0) is 15.0. The molecule has 0 spiro atoms. The number of ether oxygens (including phenoxy) is 2. The first-order valence-electron chi connectivity index (χ1n) is 4.80. The molecule has 0 radical (unpaired) electrons. The Bertz CT molecular complexity index is 374. The first kappa shape index (κ1) is 16.7. The van der Waals surface area contributed by atoms with Crippen LogP contribution < -0.4 is 0 Å². The van der Waals surface area contributed by atoms with Gasteiger partial charge >= 0.3 is 5.97 Å². The van der Waals surface area contributed by atoms with Crippen LogP contribution in [-0.2, 0) is 14.3 Å². The fourth-order valence-electron chi connectivity index (χ4n) is 1.33. The molecule has 0 aromatic heterocycles. The minimum absolute atomic E-state index is 0.936. The molecule has 1 aliphatic heterocycles. The molecule has 110 valence electrons. The Balaban J connectivity index is 2.83. The highest BCUT2D eigenvalue weighted by Crippen LogP contribution is 2.30. The van der Waals surface area contributed by atoms with Crippen molar-refractivity contribution in [2.75, 3.05) is 0 Å². The first-order chi connectivity index (χ1) is 8.55. The van der Waals surface area contributed by atoms with E-state index in [9.17, 15) is 20.1 Å². The summed E-state index contributed by atoms with van der Waals surface area (Å²) in [5.74, 6) is -2.53. The summed E-state index contributed by atoms with van der Waals surface area (Å²) in [6.07, 6.45) is -9.18. The molecule has 1 fully saturated rings. The standard InChI is InChI=1S/C8H10Cl3NO7/c9-8(10,11)7(12)19-6-3(15)1(13)2(14)4(18-6)5(16)17/h1-4,6,12-15H,(H,16,17). The Hall–Kier alpha value is -0.350. The van der Waals surface area contributed by atoms with Crippen molar-refractivity contribution in [3.05, 3.63) is 0 Å². The topological polar surface area (TPSA) is 140 Å². The van der Waals surface area contributed by atoms with Crippen molar-refractivity contribution in [2.24, 2.45) is 0 Å². The summed E-state index contributed by atoms with van der Waals surface area (Å²) in [6.45, 7) is 0. The van der Waals surface area contributed by atoms with E-state index < -0.39 is 46.4 Å². The Morgan fingerprint density at radius 3 is 2.11 bits per heavy atom. The molecule has 0 amide bonds. The number of aliphatic hydroxyl groups is 3. The van der Waals surface area contributed by atoms with E-state index in [0.29, 0.717) is 0 Å². The smallest absolute Gasteiger partial charge is 0.335 e. The van der Waals surface area contributed by atoms with Crippen LogP contribution in [0.5, 0.6) is 0 Å². The molecule has 0 aromatic carbocycles. The number of hydrogen-bond acceptors (Lipinski definition) is 7. The largest absolute Gasteiger partial charge is 0.479 e. The predicted octanol–water partition coefficient (Wildman–Crippen LogP) is -0.757. The van der Waals surface area contributed by atoms with E-state index in [0.717, 1.165) is 0 Å². The second-order valence-electron chi connectivity index (χ2n) is 3.68. The maximum atomic E-state index is 10.8. The maximum Gasteiger partial charge on any atom is 0.335 e. The fraction of sp³-hybridized carbons (Fsp3) is 0.750. The number of carboxylic acid groups (broad SMARTS) is 1. The second kappa shape index (κ2) is 5.96. The van der Waals surface area contributed by atoms with E-state index in [-0.39, 0.29) is 0 Å². The lowest BCUT2D eigenvalue weighted by atomic mass is 9.99. The second-order valence-corrected chi connectivity index (χ2v) is 5.96. The van der Waals surface area contributed by atoms with Gasteiger partial charge in [0.15, 0.2) is 6.10 Å². The maximum absolute atomic E-state index is 10.8. The monoisotopic (exact) mass is 337 g/mol. The number of alkyl halides is 3. The van der Waals surface area contributed by atoms with Crippen LogP contribution in [0.2, 0.25) is 0 Å². The number of halogens is 3. The van der Waals surface area contributed by atoms with Gasteiger partial charge in [-0.05, 0) is 0 Å². The quantitative estimate of drug-likeness (QED) is 0.253. The lowest BCUT2D eigenvalue weighted by Crippen LogP contribution is -2.60. The SMILES string of the molecule is N=C(OC1OC(C(=O)O)C(O)C(O)C1O)C(Cl)(Cl)Cl. The molecule has 1 rings (SSSR count). The number of aliphatic carboxylic acids is 1. The van der Waals surface area contributed by atoms with Gasteiger partial charge in [-0.3, -0.25) is 5.41 Å². The van der Waals surface area contributed by atoms with Crippen LogP contribution in [0.25, 0.3) is 0 Å². The molecule has 0 saturated carbocycles. The lowest BCUT2D eigenvalue weighted by molar-refractivity contribution is -0.275. The number of nitrogens with one attached hydrogen (secondary N) is 1. The molecule has 19 heavy (non-hydrogen) atoms. The third-order valence-electron chi connectivity index (χ3n) is 2.30. The zero-order valence-electron chi connectivity index (χ0n) is 9.03. The van der Waals surface area contributed by atoms with Crippen molar-refractivity contribution in [3.63, 3.8) is 0 Å². The van der Waals surface area contributed by atoms with Crippen molar-refractivity contribution in [2.45, 2.75) is 34.5 Å². The molecule has 5 atom stereocenters. The average Bonchev–Trinajstić information content (AvgIpc) is 2.28. The van der Waals surface area contributed by atoms with Gasteiger partial charge in [0.25, 0.3) is 3.79 Å². The summed E-state index contributed by atoms with van der Waals surface area (Å²) in [4.78, 5) is 10.8. The third-order valence-corrected chi connectivity index (χ3v) is 2.82. The van der Waals surface area contributed by atoms with Gasteiger partial charge in [0.05, 0.1) is 0 Å². The van der Waals surface area contributed by atoms with Crippen molar-refractivity contribution < 1.29 is 34.7 Å². The van der Waals surface area contributed by atoms with E-state index in [1.807, 2.05) is 0 Å². The van der Waals surface area contributed by atoms with Crippen LogP contribution in [0.1, 0.15) is 0 Å². The number of carboxylic acids is 1. The van der Waals surface area contributed by atoms with Crippen molar-refractivity contribution in [1.29, 1.82) is 5.41 Å². The van der Waals surface area contributed by atoms with E-state index in [1.54, 1.807) is 0 Å². The van der Waals surface area contributed by atoms with Crippen molar-refractivity contribution in [1.82, 2.24) is 0 Å². The van der Waals surface area contributed by atoms with Crippen molar-refractivity contribution in [3.8, 4) is 0 Å². The molecular weight excluding hydrogens is 328 g/mol. The van der Waals surface area contributed by atoms with Crippen LogP contribution in [0.3, 0.4) is 0 Å². The summed E-state index contributed by atoms with van der Waals surface area (Å²) in [7, 11) is 0. The molecule has 8 nitrogen and oxygen atoms in total. The number of aliphatic hydroxyl groups excluding tert-OH is 3. The van der Waals surface area contributed by atoms with Crippen LogP contribution in [0.15, 0.2) is 0 Å². The number of carbonyl (C=O) groups is 1. The Morgan fingerprint density at radius 2 is 1.68 bits per heavy atom. The van der Waals surface area contributed by atoms with Gasteiger partial charge in [0.2, 0.25) is 12.2 Å². The van der Waals surface area contributed by atoms with Crippen LogP contribution in [0, 0.1) is 5.41 Å². The van der Waals surface area contributed by atoms with Crippen LogP contribution in [-0.4, -0.2) is 66.8 Å². The third kappa shape index (κ3) is 3.82. The van der Waals surface area contributed by atoms with Crippen molar-refractivity contribution >= 4 is 46.7 Å². The summed E-state index contributed by atoms with van der Waals surface area (Å²) in [5.41, 5.74) is 0. The number of hydrogen-bond donors (Lipinski definition) is 5.